The van der Waals surface area contributed by atoms with Crippen LogP contribution in [-0.4, -0.2) is 23.8 Å². The normalized spacial score (nSPS) is 13.6. The van der Waals surface area contributed by atoms with E-state index in [2.05, 4.69) is 5.32 Å². The molecule has 2 N–H and O–H groups in total. The molecule has 3 rings (SSSR count). The van der Waals surface area contributed by atoms with Gasteiger partial charge in [0.05, 0.1) is 12.5 Å². The zero-order chi connectivity index (χ0) is 18.5. The van der Waals surface area contributed by atoms with Gasteiger partial charge in [0.2, 0.25) is 12.7 Å². The van der Waals surface area contributed by atoms with Crippen LogP contribution in [0.5, 0.6) is 11.5 Å². The van der Waals surface area contributed by atoms with E-state index in [9.17, 15) is 9.59 Å². The van der Waals surface area contributed by atoms with Crippen LogP contribution in [0.15, 0.2) is 48.5 Å². The Labute approximate surface area is 155 Å². The Morgan fingerprint density at radius 3 is 2.77 bits per heavy atom. The predicted octanol–water partition coefficient (Wildman–Crippen LogP) is 3.41. The molecule has 1 aliphatic heterocycles. The van der Waals surface area contributed by atoms with Crippen molar-refractivity contribution in [2.45, 2.75) is 12.5 Å². The minimum Gasteiger partial charge on any atom is -0.481 e. The molecule has 2 aromatic rings. The Hall–Kier alpha value is -2.99. The molecule has 0 radical (unpaired) electrons. The highest BCUT2D eigenvalue weighted by Gasteiger charge is 2.17. The summed E-state index contributed by atoms with van der Waals surface area (Å²) in [5.74, 6) is -0.145. The molecule has 2 aromatic carbocycles. The van der Waals surface area contributed by atoms with E-state index >= 15 is 0 Å². The third-order valence-electron chi connectivity index (χ3n) is 3.77. The maximum absolute atomic E-state index is 12.2. The van der Waals surface area contributed by atoms with Crippen LogP contribution in [-0.2, 0) is 9.59 Å². The lowest BCUT2D eigenvalue weighted by Gasteiger charge is -2.16. The lowest BCUT2D eigenvalue weighted by Crippen LogP contribution is -2.28. The van der Waals surface area contributed by atoms with Crippen molar-refractivity contribution in [1.29, 1.82) is 0 Å². The molecule has 0 saturated carbocycles. The monoisotopic (exact) mass is 373 g/mol. The van der Waals surface area contributed by atoms with Crippen LogP contribution < -0.4 is 14.8 Å². The molecule has 0 spiro atoms. The molecule has 0 fully saturated rings. The van der Waals surface area contributed by atoms with E-state index in [1.54, 1.807) is 48.5 Å². The summed E-state index contributed by atoms with van der Waals surface area (Å²) >= 11 is 5.95. The van der Waals surface area contributed by atoms with Crippen molar-refractivity contribution in [1.82, 2.24) is 5.32 Å². The van der Waals surface area contributed by atoms with Gasteiger partial charge >= 0.3 is 5.97 Å². The SMILES string of the molecule is O=C(O)CC(NC(=O)C=Cc1ccc2c(c1)OCO2)c1cccc(Cl)c1. The zero-order valence-electron chi connectivity index (χ0n) is 13.6. The summed E-state index contributed by atoms with van der Waals surface area (Å²) in [6.45, 7) is 0.180. The van der Waals surface area contributed by atoms with Crippen LogP contribution in [0.2, 0.25) is 5.02 Å². The third kappa shape index (κ3) is 4.55. The van der Waals surface area contributed by atoms with Gasteiger partial charge in [0, 0.05) is 11.1 Å². The number of carboxylic acid groups (broad SMARTS) is 1. The van der Waals surface area contributed by atoms with E-state index in [0.717, 1.165) is 5.56 Å². The molecular formula is C19H16ClNO5. The van der Waals surface area contributed by atoms with Crippen molar-refractivity contribution in [2.75, 3.05) is 6.79 Å². The minimum absolute atomic E-state index is 0.180. The third-order valence-corrected chi connectivity index (χ3v) is 4.01. The standard InChI is InChI=1S/C19H16ClNO5/c20-14-3-1-2-13(9-14)15(10-19(23)24)21-18(22)7-5-12-4-6-16-17(8-12)26-11-25-16/h1-9,15H,10-11H2,(H,21,22)(H,23,24). The van der Waals surface area contributed by atoms with Crippen molar-refractivity contribution < 1.29 is 24.2 Å². The Morgan fingerprint density at radius 1 is 1.19 bits per heavy atom. The van der Waals surface area contributed by atoms with Gasteiger partial charge in [-0.1, -0.05) is 29.8 Å². The van der Waals surface area contributed by atoms with Gasteiger partial charge in [0.25, 0.3) is 0 Å². The van der Waals surface area contributed by atoms with Gasteiger partial charge < -0.3 is 19.9 Å². The molecule has 1 unspecified atom stereocenters. The Balaban J connectivity index is 1.70. The lowest BCUT2D eigenvalue weighted by atomic mass is 10.0. The zero-order valence-corrected chi connectivity index (χ0v) is 14.4. The van der Waals surface area contributed by atoms with Gasteiger partial charge in [0.15, 0.2) is 11.5 Å². The number of benzene rings is 2. The van der Waals surface area contributed by atoms with Gasteiger partial charge in [-0.25, -0.2) is 0 Å². The molecule has 1 aliphatic rings. The van der Waals surface area contributed by atoms with Crippen LogP contribution in [0, 0.1) is 0 Å². The fourth-order valence-corrected chi connectivity index (χ4v) is 2.76. The number of hydrogen-bond acceptors (Lipinski definition) is 4. The highest BCUT2D eigenvalue weighted by Crippen LogP contribution is 2.32. The summed E-state index contributed by atoms with van der Waals surface area (Å²) in [7, 11) is 0. The smallest absolute Gasteiger partial charge is 0.305 e. The van der Waals surface area contributed by atoms with Crippen LogP contribution >= 0.6 is 11.6 Å². The highest BCUT2D eigenvalue weighted by atomic mass is 35.5. The number of rotatable bonds is 6. The Bertz CT molecular complexity index is 865. The summed E-state index contributed by atoms with van der Waals surface area (Å²) < 4.78 is 10.5. The Morgan fingerprint density at radius 2 is 2.00 bits per heavy atom. The highest BCUT2D eigenvalue weighted by molar-refractivity contribution is 6.30. The number of fused-ring (bicyclic) bond motifs is 1. The first-order valence-corrected chi connectivity index (χ1v) is 8.24. The van der Waals surface area contributed by atoms with E-state index in [-0.39, 0.29) is 13.2 Å². The summed E-state index contributed by atoms with van der Waals surface area (Å²) in [5.41, 5.74) is 1.40. The van der Waals surface area contributed by atoms with Crippen LogP contribution in [0.3, 0.4) is 0 Å². The fourth-order valence-electron chi connectivity index (χ4n) is 2.56. The molecule has 1 amide bonds. The van der Waals surface area contributed by atoms with Gasteiger partial charge in [-0.15, -0.1) is 0 Å². The second-order valence-corrected chi connectivity index (χ2v) is 6.10. The molecule has 6 nitrogen and oxygen atoms in total. The van der Waals surface area contributed by atoms with Gasteiger partial charge in [-0.3, -0.25) is 9.59 Å². The second kappa shape index (κ2) is 7.93. The fraction of sp³-hybridized carbons (Fsp3) is 0.158. The Kier molecular flexibility index (Phi) is 5.43. The first-order chi connectivity index (χ1) is 12.5. The van der Waals surface area contributed by atoms with E-state index in [1.807, 2.05) is 0 Å². The maximum atomic E-state index is 12.2. The maximum Gasteiger partial charge on any atom is 0.305 e. The average molecular weight is 374 g/mol. The van der Waals surface area contributed by atoms with E-state index in [1.165, 1.54) is 6.08 Å². The summed E-state index contributed by atoms with van der Waals surface area (Å²) in [5, 5.41) is 12.3. The minimum atomic E-state index is -1.02. The van der Waals surface area contributed by atoms with Crippen LogP contribution in [0.4, 0.5) is 0 Å². The van der Waals surface area contributed by atoms with Crippen molar-refractivity contribution >= 4 is 29.6 Å². The number of halogens is 1. The topological polar surface area (TPSA) is 84.9 Å². The molecule has 0 aliphatic carbocycles. The molecule has 134 valence electrons. The van der Waals surface area contributed by atoms with E-state index < -0.39 is 17.9 Å². The van der Waals surface area contributed by atoms with Crippen molar-refractivity contribution in [2.24, 2.45) is 0 Å². The quantitative estimate of drug-likeness (QED) is 0.758. The molecule has 7 heteroatoms. The van der Waals surface area contributed by atoms with Crippen LogP contribution in [0.25, 0.3) is 6.08 Å². The number of hydrogen-bond donors (Lipinski definition) is 2. The number of amides is 1. The first kappa shape index (κ1) is 17.8. The molecule has 0 aromatic heterocycles. The van der Waals surface area contributed by atoms with E-state index in [0.29, 0.717) is 22.1 Å². The molecule has 0 bridgehead atoms. The predicted molar refractivity (Wildman–Crippen MR) is 96.2 cm³/mol. The van der Waals surface area contributed by atoms with Gasteiger partial charge in [0.1, 0.15) is 0 Å². The summed E-state index contributed by atoms with van der Waals surface area (Å²) in [4.78, 5) is 23.3. The van der Waals surface area contributed by atoms with E-state index in [4.69, 9.17) is 26.2 Å². The molecule has 26 heavy (non-hydrogen) atoms. The number of carboxylic acids is 1. The molecular weight excluding hydrogens is 358 g/mol. The number of carbonyl (C=O) groups is 2. The molecule has 1 heterocycles. The van der Waals surface area contributed by atoms with Crippen molar-refractivity contribution in [3.05, 3.63) is 64.7 Å². The number of nitrogens with one attached hydrogen (secondary N) is 1. The first-order valence-electron chi connectivity index (χ1n) is 7.87. The van der Waals surface area contributed by atoms with Crippen LogP contribution in [0.1, 0.15) is 23.6 Å². The lowest BCUT2D eigenvalue weighted by molar-refractivity contribution is -0.137. The number of aliphatic carboxylic acids is 1. The van der Waals surface area contributed by atoms with Gasteiger partial charge in [-0.2, -0.15) is 0 Å². The van der Waals surface area contributed by atoms with Crippen molar-refractivity contribution in [3.8, 4) is 11.5 Å². The van der Waals surface area contributed by atoms with Gasteiger partial charge in [-0.05, 0) is 41.5 Å². The molecule has 0 saturated heterocycles. The average Bonchev–Trinajstić information content (AvgIpc) is 3.07. The second-order valence-electron chi connectivity index (χ2n) is 5.66. The van der Waals surface area contributed by atoms with Crippen molar-refractivity contribution in [3.63, 3.8) is 0 Å². The number of ether oxygens (including phenoxy) is 2. The molecule has 1 atom stereocenters. The largest absolute Gasteiger partial charge is 0.481 e. The summed E-state index contributed by atoms with van der Waals surface area (Å²) in [6, 6.07) is 11.4. The number of carbonyl (C=O) groups excluding carboxylic acids is 1. The summed E-state index contributed by atoms with van der Waals surface area (Å²) in [6.07, 6.45) is 2.72.